The summed E-state index contributed by atoms with van der Waals surface area (Å²) in [6.07, 6.45) is 0. The number of benzene rings is 1. The van der Waals surface area contributed by atoms with Crippen LogP contribution in [0.25, 0.3) is 0 Å². The largest absolute Gasteiger partial charge is 0.494 e. The number of aliphatic imine (C=N–C) groups is 1. The molecule has 1 aliphatic rings. The molecule has 108 valence electrons. The Hall–Kier alpha value is -1.13. The van der Waals surface area contributed by atoms with Crippen molar-refractivity contribution >= 4 is 25.0 Å². The molecule has 0 atom stereocenters. The number of hydrogen-bond donors (Lipinski definition) is 0. The molecule has 1 aliphatic heterocycles. The smallest absolute Gasteiger partial charge is 0.399 e. The van der Waals surface area contributed by atoms with E-state index in [1.54, 1.807) is 0 Å². The lowest BCUT2D eigenvalue weighted by molar-refractivity contribution is 0.00578. The maximum absolute atomic E-state index is 6.09. The van der Waals surface area contributed by atoms with Crippen LogP contribution in [0.15, 0.2) is 23.2 Å². The highest BCUT2D eigenvalue weighted by Crippen LogP contribution is 2.37. The lowest BCUT2D eigenvalue weighted by Gasteiger charge is -2.32. The minimum absolute atomic E-state index is 0.314. The van der Waals surface area contributed by atoms with Gasteiger partial charge in [0.2, 0.25) is 0 Å². The summed E-state index contributed by atoms with van der Waals surface area (Å²) in [5, 5.41) is 0. The summed E-state index contributed by atoms with van der Waals surface area (Å²) < 4.78 is 12.2. The Morgan fingerprint density at radius 3 is 2.10 bits per heavy atom. The fourth-order valence-electron chi connectivity index (χ4n) is 2.31. The van der Waals surface area contributed by atoms with Gasteiger partial charge in [-0.05, 0) is 57.4 Å². The molecule has 20 heavy (non-hydrogen) atoms. The van der Waals surface area contributed by atoms with Crippen LogP contribution in [0, 0.1) is 0 Å². The molecule has 0 N–H and O–H groups in total. The number of hydrogen-bond acceptors (Lipinski definition) is 3. The lowest BCUT2D eigenvalue weighted by atomic mass is 9.77. The van der Waals surface area contributed by atoms with Crippen molar-refractivity contribution in [2.75, 3.05) is 0 Å². The first kappa shape index (κ1) is 15.3. The zero-order valence-corrected chi connectivity index (χ0v) is 13.4. The summed E-state index contributed by atoms with van der Waals surface area (Å²) >= 11 is 0. The van der Waals surface area contributed by atoms with Gasteiger partial charge in [-0.3, -0.25) is 4.99 Å². The molecule has 1 aromatic rings. The molecule has 1 heterocycles. The molecule has 0 unspecified atom stereocenters. The van der Waals surface area contributed by atoms with Crippen molar-refractivity contribution in [3.8, 4) is 0 Å². The van der Waals surface area contributed by atoms with E-state index in [0.717, 1.165) is 11.2 Å². The summed E-state index contributed by atoms with van der Waals surface area (Å²) in [4.78, 5) is 4.09. The first-order valence-electron chi connectivity index (χ1n) is 7.14. The molecule has 3 nitrogen and oxygen atoms in total. The predicted molar refractivity (Wildman–Crippen MR) is 85.5 cm³/mol. The van der Waals surface area contributed by atoms with Gasteiger partial charge >= 0.3 is 7.12 Å². The molecular formula is C16H24BNO2. The summed E-state index contributed by atoms with van der Waals surface area (Å²) in [6.45, 7) is 16.2. The van der Waals surface area contributed by atoms with Crippen molar-refractivity contribution in [1.29, 1.82) is 0 Å². The van der Waals surface area contributed by atoms with Crippen molar-refractivity contribution < 1.29 is 9.31 Å². The first-order valence-corrected chi connectivity index (χ1v) is 7.14. The Morgan fingerprint density at radius 1 is 1.10 bits per heavy atom. The summed E-state index contributed by atoms with van der Waals surface area (Å²) in [7, 11) is -0.323. The molecule has 0 spiro atoms. The molecule has 0 amide bonds. The molecule has 1 aromatic carbocycles. The Bertz CT molecular complexity index is 507. The summed E-state index contributed by atoms with van der Waals surface area (Å²) in [6, 6.07) is 6.12. The van der Waals surface area contributed by atoms with Gasteiger partial charge in [0.1, 0.15) is 0 Å². The van der Waals surface area contributed by atoms with Gasteiger partial charge in [-0.1, -0.05) is 26.0 Å². The van der Waals surface area contributed by atoms with Crippen molar-refractivity contribution in [3.05, 3.63) is 23.8 Å². The quantitative estimate of drug-likeness (QED) is 0.624. The number of nitrogens with zero attached hydrogens (tertiary/aromatic N) is 1. The molecule has 0 bridgehead atoms. The molecule has 1 saturated heterocycles. The molecule has 0 aromatic heterocycles. The van der Waals surface area contributed by atoms with Gasteiger partial charge in [0, 0.05) is 0 Å². The van der Waals surface area contributed by atoms with Crippen LogP contribution in [-0.2, 0) is 9.31 Å². The fourth-order valence-corrected chi connectivity index (χ4v) is 2.31. The highest BCUT2D eigenvalue weighted by molar-refractivity contribution is 6.62. The first-order chi connectivity index (χ1) is 9.18. The van der Waals surface area contributed by atoms with E-state index in [9.17, 15) is 0 Å². The van der Waals surface area contributed by atoms with Crippen molar-refractivity contribution in [2.24, 2.45) is 4.99 Å². The van der Waals surface area contributed by atoms with E-state index >= 15 is 0 Å². The van der Waals surface area contributed by atoms with Crippen LogP contribution in [0.4, 0.5) is 5.69 Å². The number of rotatable bonds is 3. The van der Waals surface area contributed by atoms with Gasteiger partial charge in [0.05, 0.1) is 16.9 Å². The maximum Gasteiger partial charge on any atom is 0.494 e. The molecule has 0 aliphatic carbocycles. The zero-order chi connectivity index (χ0) is 15.1. The van der Waals surface area contributed by atoms with E-state index in [-0.39, 0.29) is 18.3 Å². The van der Waals surface area contributed by atoms with Crippen LogP contribution in [0.3, 0.4) is 0 Å². The third-order valence-corrected chi connectivity index (χ3v) is 4.37. The minimum Gasteiger partial charge on any atom is -0.399 e. The zero-order valence-electron chi connectivity index (χ0n) is 13.4. The summed E-state index contributed by atoms with van der Waals surface area (Å²) in [5.41, 5.74) is 2.52. The third kappa shape index (κ3) is 2.55. The van der Waals surface area contributed by atoms with E-state index < -0.39 is 0 Å². The average Bonchev–Trinajstić information content (AvgIpc) is 2.57. The van der Waals surface area contributed by atoms with Crippen LogP contribution in [0.1, 0.15) is 53.0 Å². The highest BCUT2D eigenvalue weighted by Gasteiger charge is 2.51. The normalized spacial score (nSPS) is 20.4. The SMILES string of the molecule is C=Nc1ccc(B2OC(C)(C)C(C)(C)O2)cc1C(C)C. The topological polar surface area (TPSA) is 30.8 Å². The maximum atomic E-state index is 6.09. The molecule has 2 rings (SSSR count). The Labute approximate surface area is 122 Å². The average molecular weight is 273 g/mol. The van der Waals surface area contributed by atoms with Crippen LogP contribution in [-0.4, -0.2) is 25.0 Å². The van der Waals surface area contributed by atoms with Gasteiger partial charge < -0.3 is 9.31 Å². The molecule has 0 radical (unpaired) electrons. The van der Waals surface area contributed by atoms with Gasteiger partial charge in [-0.2, -0.15) is 0 Å². The Kier molecular flexibility index (Phi) is 3.82. The standard InChI is InChI=1S/C16H24BNO2/c1-11(2)13-10-12(8-9-14(13)18-7)17-19-15(3,4)16(5,6)20-17/h8-11H,7H2,1-6H3. The lowest BCUT2D eigenvalue weighted by Crippen LogP contribution is -2.41. The van der Waals surface area contributed by atoms with E-state index in [4.69, 9.17) is 9.31 Å². The van der Waals surface area contributed by atoms with Gasteiger partial charge in [-0.15, -0.1) is 0 Å². The predicted octanol–water partition coefficient (Wildman–Crippen LogP) is 3.44. The molecular weight excluding hydrogens is 249 g/mol. The highest BCUT2D eigenvalue weighted by atomic mass is 16.7. The monoisotopic (exact) mass is 273 g/mol. The minimum atomic E-state index is -0.323. The van der Waals surface area contributed by atoms with Crippen LogP contribution in [0.2, 0.25) is 0 Å². The van der Waals surface area contributed by atoms with E-state index in [1.165, 1.54) is 5.56 Å². The van der Waals surface area contributed by atoms with E-state index in [1.807, 2.05) is 12.1 Å². The van der Waals surface area contributed by atoms with Gasteiger partial charge in [-0.25, -0.2) is 0 Å². The Balaban J connectivity index is 2.36. The van der Waals surface area contributed by atoms with E-state index in [0.29, 0.717) is 5.92 Å². The van der Waals surface area contributed by atoms with Gasteiger partial charge in [0.25, 0.3) is 0 Å². The van der Waals surface area contributed by atoms with Crippen molar-refractivity contribution in [2.45, 2.75) is 58.7 Å². The van der Waals surface area contributed by atoms with Crippen molar-refractivity contribution in [3.63, 3.8) is 0 Å². The molecule has 0 saturated carbocycles. The summed E-state index contributed by atoms with van der Waals surface area (Å²) in [5.74, 6) is 0.387. The van der Waals surface area contributed by atoms with E-state index in [2.05, 4.69) is 59.3 Å². The molecule has 4 heteroatoms. The van der Waals surface area contributed by atoms with Crippen LogP contribution in [0.5, 0.6) is 0 Å². The second-order valence-electron chi connectivity index (χ2n) is 6.72. The third-order valence-electron chi connectivity index (χ3n) is 4.37. The van der Waals surface area contributed by atoms with Crippen molar-refractivity contribution in [1.82, 2.24) is 0 Å². The Morgan fingerprint density at radius 2 is 1.65 bits per heavy atom. The second-order valence-corrected chi connectivity index (χ2v) is 6.72. The van der Waals surface area contributed by atoms with Crippen LogP contribution >= 0.6 is 0 Å². The van der Waals surface area contributed by atoms with Gasteiger partial charge in [0.15, 0.2) is 0 Å². The van der Waals surface area contributed by atoms with Crippen LogP contribution < -0.4 is 5.46 Å². The molecule has 1 fully saturated rings. The second kappa shape index (κ2) is 5.01. The fraction of sp³-hybridized carbons (Fsp3) is 0.562.